The third-order valence-corrected chi connectivity index (χ3v) is 3.84. The molecule has 6 heteroatoms. The third kappa shape index (κ3) is 4.04. The maximum atomic E-state index is 12.2. The number of hydrogen-bond acceptors (Lipinski definition) is 3. The highest BCUT2D eigenvalue weighted by Gasteiger charge is 2.09. The number of benzene rings is 2. The fourth-order valence-electron chi connectivity index (χ4n) is 2.07. The van der Waals surface area contributed by atoms with E-state index >= 15 is 0 Å². The fourth-order valence-corrected chi connectivity index (χ4v) is 2.41. The van der Waals surface area contributed by atoms with Crippen molar-refractivity contribution < 1.29 is 4.79 Å². The Morgan fingerprint density at radius 1 is 0.875 bits per heavy atom. The van der Waals surface area contributed by atoms with Gasteiger partial charge in [-0.15, -0.1) is 0 Å². The monoisotopic (exact) mass is 357 g/mol. The molecule has 0 aliphatic rings. The van der Waals surface area contributed by atoms with Crippen LogP contribution in [0.1, 0.15) is 10.4 Å². The maximum Gasteiger partial charge on any atom is 0.257 e. The molecule has 3 rings (SSSR count). The highest BCUT2D eigenvalue weighted by Crippen LogP contribution is 2.20. The van der Waals surface area contributed by atoms with Crippen LogP contribution in [0.3, 0.4) is 0 Å². The van der Waals surface area contributed by atoms with Gasteiger partial charge < -0.3 is 10.6 Å². The van der Waals surface area contributed by atoms with Crippen LogP contribution in [0.2, 0.25) is 10.0 Å². The van der Waals surface area contributed by atoms with Gasteiger partial charge >= 0.3 is 0 Å². The summed E-state index contributed by atoms with van der Waals surface area (Å²) in [6.45, 7) is 0. The minimum absolute atomic E-state index is 0.277. The first-order chi connectivity index (χ1) is 11.6. The van der Waals surface area contributed by atoms with Crippen LogP contribution in [0.5, 0.6) is 0 Å². The SMILES string of the molecule is O=C(Nc1ccc(Nc2ccc(Cl)cc2)nc1)c1ccccc1Cl. The van der Waals surface area contributed by atoms with Crippen LogP contribution in [-0.4, -0.2) is 10.9 Å². The molecule has 1 aromatic heterocycles. The number of amides is 1. The molecule has 1 amide bonds. The van der Waals surface area contributed by atoms with Gasteiger partial charge in [0.15, 0.2) is 0 Å². The Morgan fingerprint density at radius 3 is 2.25 bits per heavy atom. The molecule has 3 aromatic rings. The summed E-state index contributed by atoms with van der Waals surface area (Å²) in [6.07, 6.45) is 1.58. The zero-order chi connectivity index (χ0) is 16.9. The van der Waals surface area contributed by atoms with Crippen LogP contribution < -0.4 is 10.6 Å². The van der Waals surface area contributed by atoms with E-state index in [0.717, 1.165) is 5.69 Å². The second kappa shape index (κ2) is 7.34. The summed E-state index contributed by atoms with van der Waals surface area (Å²) in [4.78, 5) is 16.5. The number of nitrogens with one attached hydrogen (secondary N) is 2. The molecule has 2 N–H and O–H groups in total. The van der Waals surface area contributed by atoms with Gasteiger partial charge in [-0.2, -0.15) is 0 Å². The number of carbonyl (C=O) groups excluding carboxylic acids is 1. The summed E-state index contributed by atoms with van der Waals surface area (Å²) in [5.41, 5.74) is 1.88. The second-order valence-electron chi connectivity index (χ2n) is 5.00. The zero-order valence-corrected chi connectivity index (χ0v) is 14.0. The van der Waals surface area contributed by atoms with E-state index in [1.807, 2.05) is 12.1 Å². The minimum atomic E-state index is -0.277. The zero-order valence-electron chi connectivity index (χ0n) is 12.5. The van der Waals surface area contributed by atoms with E-state index in [1.54, 1.807) is 54.7 Å². The third-order valence-electron chi connectivity index (χ3n) is 3.26. The molecule has 4 nitrogen and oxygen atoms in total. The average molecular weight is 358 g/mol. The maximum absolute atomic E-state index is 12.2. The lowest BCUT2D eigenvalue weighted by Crippen LogP contribution is -2.12. The minimum Gasteiger partial charge on any atom is -0.340 e. The molecule has 0 saturated heterocycles. The van der Waals surface area contributed by atoms with E-state index in [2.05, 4.69) is 15.6 Å². The number of hydrogen-bond donors (Lipinski definition) is 2. The van der Waals surface area contributed by atoms with Gasteiger partial charge in [0, 0.05) is 10.7 Å². The average Bonchev–Trinajstić information content (AvgIpc) is 2.59. The molecule has 0 bridgehead atoms. The molecule has 2 aromatic carbocycles. The first kappa shape index (κ1) is 16.3. The second-order valence-corrected chi connectivity index (χ2v) is 5.84. The first-order valence-electron chi connectivity index (χ1n) is 7.16. The van der Waals surface area contributed by atoms with Crippen LogP contribution in [-0.2, 0) is 0 Å². The molecule has 0 radical (unpaired) electrons. The molecule has 120 valence electrons. The van der Waals surface area contributed by atoms with Crippen molar-refractivity contribution in [3.8, 4) is 0 Å². The summed E-state index contributed by atoms with van der Waals surface area (Å²) in [6, 6.07) is 17.7. The van der Waals surface area contributed by atoms with Crippen LogP contribution in [0.4, 0.5) is 17.2 Å². The van der Waals surface area contributed by atoms with E-state index in [4.69, 9.17) is 23.2 Å². The summed E-state index contributed by atoms with van der Waals surface area (Å²) >= 11 is 11.9. The van der Waals surface area contributed by atoms with E-state index in [1.165, 1.54) is 0 Å². The molecule has 0 aliphatic heterocycles. The Bertz CT molecular complexity index is 849. The largest absolute Gasteiger partial charge is 0.340 e. The van der Waals surface area contributed by atoms with Crippen LogP contribution in [0, 0.1) is 0 Å². The van der Waals surface area contributed by atoms with Crippen LogP contribution in [0.25, 0.3) is 0 Å². The summed E-state index contributed by atoms with van der Waals surface area (Å²) < 4.78 is 0. The van der Waals surface area contributed by atoms with Crippen molar-refractivity contribution in [1.29, 1.82) is 0 Å². The van der Waals surface area contributed by atoms with Crippen molar-refractivity contribution in [1.82, 2.24) is 4.98 Å². The van der Waals surface area contributed by atoms with Gasteiger partial charge in [-0.1, -0.05) is 35.3 Å². The highest BCUT2D eigenvalue weighted by atomic mass is 35.5. The van der Waals surface area contributed by atoms with Gasteiger partial charge in [0.25, 0.3) is 5.91 Å². The van der Waals surface area contributed by atoms with Crippen molar-refractivity contribution in [3.63, 3.8) is 0 Å². The normalized spacial score (nSPS) is 10.2. The molecule has 24 heavy (non-hydrogen) atoms. The quantitative estimate of drug-likeness (QED) is 0.658. The predicted molar refractivity (Wildman–Crippen MR) is 98.4 cm³/mol. The first-order valence-corrected chi connectivity index (χ1v) is 7.92. The molecule has 0 unspecified atom stereocenters. The lowest BCUT2D eigenvalue weighted by Gasteiger charge is -2.08. The number of pyridine rings is 1. The fraction of sp³-hybridized carbons (Fsp3) is 0. The number of carbonyl (C=O) groups is 1. The van der Waals surface area contributed by atoms with Crippen molar-refractivity contribution in [2.45, 2.75) is 0 Å². The van der Waals surface area contributed by atoms with E-state index in [9.17, 15) is 4.79 Å². The molecular weight excluding hydrogens is 345 g/mol. The summed E-state index contributed by atoms with van der Waals surface area (Å²) in [5.74, 6) is 0.383. The molecular formula is C18H13Cl2N3O. The predicted octanol–water partition coefficient (Wildman–Crippen LogP) is 5.38. The topological polar surface area (TPSA) is 54.0 Å². The van der Waals surface area contributed by atoms with E-state index in [0.29, 0.717) is 27.1 Å². The van der Waals surface area contributed by atoms with Gasteiger partial charge in [-0.3, -0.25) is 4.79 Å². The molecule has 1 heterocycles. The molecule has 0 fully saturated rings. The Balaban J connectivity index is 1.67. The van der Waals surface area contributed by atoms with Crippen LogP contribution in [0.15, 0.2) is 66.9 Å². The van der Waals surface area contributed by atoms with Gasteiger partial charge in [0.2, 0.25) is 0 Å². The van der Waals surface area contributed by atoms with Crippen molar-refractivity contribution in [2.75, 3.05) is 10.6 Å². The highest BCUT2D eigenvalue weighted by molar-refractivity contribution is 6.34. The van der Waals surface area contributed by atoms with Crippen LogP contribution >= 0.6 is 23.2 Å². The lowest BCUT2D eigenvalue weighted by atomic mass is 10.2. The standard InChI is InChI=1S/C18H13Cl2N3O/c19-12-5-7-13(8-6-12)22-17-10-9-14(11-21-17)23-18(24)15-3-1-2-4-16(15)20/h1-11H,(H,21,22)(H,23,24). The van der Waals surface area contributed by atoms with Gasteiger partial charge in [-0.05, 0) is 48.5 Å². The molecule has 0 aliphatic carbocycles. The number of anilines is 3. The summed E-state index contributed by atoms with van der Waals surface area (Å²) in [5, 5.41) is 6.99. The number of rotatable bonds is 4. The number of halogens is 2. The van der Waals surface area contributed by atoms with E-state index in [-0.39, 0.29) is 5.91 Å². The van der Waals surface area contributed by atoms with Crippen molar-refractivity contribution >= 4 is 46.3 Å². The molecule has 0 spiro atoms. The smallest absolute Gasteiger partial charge is 0.257 e. The van der Waals surface area contributed by atoms with Gasteiger partial charge in [0.1, 0.15) is 5.82 Å². The van der Waals surface area contributed by atoms with Crippen molar-refractivity contribution in [2.24, 2.45) is 0 Å². The van der Waals surface area contributed by atoms with E-state index < -0.39 is 0 Å². The molecule has 0 atom stereocenters. The van der Waals surface area contributed by atoms with Gasteiger partial charge in [0.05, 0.1) is 22.5 Å². The van der Waals surface area contributed by atoms with Gasteiger partial charge in [-0.25, -0.2) is 4.98 Å². The Labute approximate surface area is 149 Å². The lowest BCUT2D eigenvalue weighted by molar-refractivity contribution is 0.102. The Morgan fingerprint density at radius 2 is 1.58 bits per heavy atom. The van der Waals surface area contributed by atoms with Crippen molar-refractivity contribution in [3.05, 3.63) is 82.5 Å². The number of aromatic nitrogens is 1. The number of nitrogens with zero attached hydrogens (tertiary/aromatic N) is 1. The Kier molecular flexibility index (Phi) is 4.99. The summed E-state index contributed by atoms with van der Waals surface area (Å²) in [7, 11) is 0. The Hall–Kier alpha value is -2.56. The molecule has 0 saturated carbocycles.